The van der Waals surface area contributed by atoms with E-state index in [0.29, 0.717) is 10.6 Å². The maximum atomic E-state index is 12.0. The molecule has 1 rings (SSSR count). The number of methoxy groups -OCH3 is 1. The van der Waals surface area contributed by atoms with E-state index in [1.54, 1.807) is 26.1 Å². The fraction of sp³-hybridized carbons (Fsp3) is 0.500. The highest BCUT2D eigenvalue weighted by molar-refractivity contribution is 7.15. The van der Waals surface area contributed by atoms with Crippen LogP contribution in [0.4, 0.5) is 5.69 Å². The molecular formula is C12H18N2O2S. The highest BCUT2D eigenvalue weighted by atomic mass is 32.1. The number of hydrogen-bond acceptors (Lipinski definition) is 4. The number of aryl methyl sites for hydroxylation is 1. The number of thiophene rings is 1. The molecule has 0 saturated heterocycles. The van der Waals surface area contributed by atoms with Crippen LogP contribution in [0.25, 0.3) is 0 Å². The highest BCUT2D eigenvalue weighted by Gasteiger charge is 2.22. The summed E-state index contributed by atoms with van der Waals surface area (Å²) in [7, 11) is 5.02. The summed E-state index contributed by atoms with van der Waals surface area (Å²) >= 11 is 1.42. The second kappa shape index (κ2) is 5.31. The van der Waals surface area contributed by atoms with Crippen molar-refractivity contribution in [1.82, 2.24) is 4.90 Å². The summed E-state index contributed by atoms with van der Waals surface area (Å²) in [6.07, 6.45) is 0. The maximum absolute atomic E-state index is 12.0. The minimum atomic E-state index is -0.0508. The molecule has 0 bridgehead atoms. The van der Waals surface area contributed by atoms with E-state index in [-0.39, 0.29) is 5.91 Å². The monoisotopic (exact) mass is 254 g/mol. The third-order valence-electron chi connectivity index (χ3n) is 2.15. The van der Waals surface area contributed by atoms with Gasteiger partial charge in [-0.2, -0.15) is 0 Å². The van der Waals surface area contributed by atoms with Crippen LogP contribution in [0.3, 0.4) is 0 Å². The zero-order chi connectivity index (χ0) is 13.2. The van der Waals surface area contributed by atoms with Gasteiger partial charge in [0.2, 0.25) is 0 Å². The Kier molecular flexibility index (Phi) is 4.28. The molecule has 0 atom stereocenters. The topological polar surface area (TPSA) is 41.9 Å². The van der Waals surface area contributed by atoms with Crippen LogP contribution in [0.2, 0.25) is 0 Å². The van der Waals surface area contributed by atoms with Crippen molar-refractivity contribution in [2.45, 2.75) is 20.8 Å². The van der Waals surface area contributed by atoms with Crippen LogP contribution in [0.15, 0.2) is 4.99 Å². The smallest absolute Gasteiger partial charge is 0.267 e. The minimum absolute atomic E-state index is 0.0508. The molecule has 0 saturated carbocycles. The van der Waals surface area contributed by atoms with Gasteiger partial charge in [-0.15, -0.1) is 11.3 Å². The largest absolute Gasteiger partial charge is 0.493 e. The van der Waals surface area contributed by atoms with Gasteiger partial charge < -0.3 is 9.64 Å². The minimum Gasteiger partial charge on any atom is -0.493 e. The van der Waals surface area contributed by atoms with Crippen molar-refractivity contribution in [3.63, 3.8) is 0 Å². The first kappa shape index (κ1) is 13.7. The van der Waals surface area contributed by atoms with E-state index >= 15 is 0 Å². The van der Waals surface area contributed by atoms with Gasteiger partial charge in [0.15, 0.2) is 5.75 Å². The van der Waals surface area contributed by atoms with Gasteiger partial charge in [0, 0.05) is 24.7 Å². The van der Waals surface area contributed by atoms with Gasteiger partial charge in [0.1, 0.15) is 10.6 Å². The Bertz CT molecular complexity index is 457. The summed E-state index contributed by atoms with van der Waals surface area (Å²) < 4.78 is 5.33. The summed E-state index contributed by atoms with van der Waals surface area (Å²) in [5.74, 6) is 0.526. The van der Waals surface area contributed by atoms with Gasteiger partial charge >= 0.3 is 0 Å². The molecule has 0 radical (unpaired) electrons. The van der Waals surface area contributed by atoms with E-state index in [0.717, 1.165) is 16.3 Å². The van der Waals surface area contributed by atoms with Gasteiger partial charge in [-0.1, -0.05) is 0 Å². The zero-order valence-corrected chi connectivity index (χ0v) is 11.9. The van der Waals surface area contributed by atoms with Crippen LogP contribution in [0, 0.1) is 6.92 Å². The summed E-state index contributed by atoms with van der Waals surface area (Å²) in [6.45, 7) is 5.79. The van der Waals surface area contributed by atoms with E-state index in [4.69, 9.17) is 4.74 Å². The molecule has 94 valence electrons. The van der Waals surface area contributed by atoms with E-state index in [2.05, 4.69) is 4.99 Å². The Morgan fingerprint density at radius 3 is 2.35 bits per heavy atom. The Morgan fingerprint density at radius 2 is 1.94 bits per heavy atom. The molecule has 1 aromatic heterocycles. The second-order valence-electron chi connectivity index (χ2n) is 4.13. The van der Waals surface area contributed by atoms with Gasteiger partial charge in [0.05, 0.1) is 7.11 Å². The fourth-order valence-corrected chi connectivity index (χ4v) is 2.49. The maximum Gasteiger partial charge on any atom is 0.267 e. The third kappa shape index (κ3) is 2.85. The predicted octanol–water partition coefficient (Wildman–Crippen LogP) is 2.88. The first-order valence-corrected chi connectivity index (χ1v) is 6.11. The number of amides is 1. The number of aliphatic imine (C=N–C) groups is 1. The van der Waals surface area contributed by atoms with Crippen LogP contribution in [0.5, 0.6) is 5.75 Å². The lowest BCUT2D eigenvalue weighted by atomic mass is 10.3. The predicted molar refractivity (Wildman–Crippen MR) is 72.1 cm³/mol. The molecule has 0 N–H and O–H groups in total. The number of carbonyl (C=O) groups excluding carboxylic acids is 1. The van der Waals surface area contributed by atoms with Crippen LogP contribution < -0.4 is 4.74 Å². The number of nitrogens with zero attached hydrogens (tertiary/aromatic N) is 2. The van der Waals surface area contributed by atoms with E-state index in [9.17, 15) is 4.79 Å². The summed E-state index contributed by atoms with van der Waals surface area (Å²) in [5, 5.41) is 0. The van der Waals surface area contributed by atoms with Crippen molar-refractivity contribution in [1.29, 1.82) is 0 Å². The Morgan fingerprint density at radius 1 is 1.35 bits per heavy atom. The number of rotatable bonds is 3. The zero-order valence-electron chi connectivity index (χ0n) is 11.1. The number of ether oxygens (including phenoxy) is 1. The molecule has 0 unspecified atom stereocenters. The van der Waals surface area contributed by atoms with E-state index in [1.807, 2.05) is 20.8 Å². The lowest BCUT2D eigenvalue weighted by molar-refractivity contribution is 0.0829. The Balaban J connectivity index is 3.36. The lowest BCUT2D eigenvalue weighted by Gasteiger charge is -2.09. The van der Waals surface area contributed by atoms with Crippen molar-refractivity contribution in [3.8, 4) is 5.75 Å². The molecule has 5 heteroatoms. The first-order chi connectivity index (χ1) is 7.88. The van der Waals surface area contributed by atoms with Crippen molar-refractivity contribution >= 4 is 28.6 Å². The quantitative estimate of drug-likeness (QED) is 0.778. The summed E-state index contributed by atoms with van der Waals surface area (Å²) in [6, 6.07) is 0. The van der Waals surface area contributed by atoms with Crippen molar-refractivity contribution in [2.24, 2.45) is 4.99 Å². The fourth-order valence-electron chi connectivity index (χ4n) is 1.40. The van der Waals surface area contributed by atoms with Crippen LogP contribution in [-0.4, -0.2) is 37.7 Å². The SMILES string of the molecule is COc1c(C(=O)N(C)C)sc(C)c1N=C(C)C. The van der Waals surface area contributed by atoms with Gasteiger partial charge in [-0.3, -0.25) is 9.79 Å². The molecule has 1 amide bonds. The van der Waals surface area contributed by atoms with E-state index < -0.39 is 0 Å². The highest BCUT2D eigenvalue weighted by Crippen LogP contribution is 2.42. The third-order valence-corrected chi connectivity index (χ3v) is 3.21. The normalized spacial score (nSPS) is 10.0. The molecule has 17 heavy (non-hydrogen) atoms. The van der Waals surface area contributed by atoms with Gasteiger partial charge in [0.25, 0.3) is 5.91 Å². The van der Waals surface area contributed by atoms with Gasteiger partial charge in [-0.05, 0) is 20.8 Å². The Labute approximate surface area is 106 Å². The van der Waals surface area contributed by atoms with Crippen molar-refractivity contribution < 1.29 is 9.53 Å². The van der Waals surface area contributed by atoms with Crippen molar-refractivity contribution in [3.05, 3.63) is 9.75 Å². The average Bonchev–Trinajstić information content (AvgIpc) is 2.53. The van der Waals surface area contributed by atoms with Crippen LogP contribution in [-0.2, 0) is 0 Å². The number of carbonyl (C=O) groups is 1. The first-order valence-electron chi connectivity index (χ1n) is 5.29. The summed E-state index contributed by atoms with van der Waals surface area (Å²) in [4.78, 5) is 19.5. The van der Waals surface area contributed by atoms with Crippen molar-refractivity contribution in [2.75, 3.05) is 21.2 Å². The van der Waals surface area contributed by atoms with Gasteiger partial charge in [-0.25, -0.2) is 0 Å². The Hall–Kier alpha value is -1.36. The molecule has 0 fully saturated rings. The van der Waals surface area contributed by atoms with Crippen LogP contribution in [0.1, 0.15) is 28.4 Å². The average molecular weight is 254 g/mol. The molecule has 1 aromatic rings. The van der Waals surface area contributed by atoms with E-state index in [1.165, 1.54) is 11.3 Å². The molecule has 0 spiro atoms. The molecule has 0 aliphatic carbocycles. The lowest BCUT2D eigenvalue weighted by Crippen LogP contribution is -2.21. The molecule has 0 aromatic carbocycles. The molecule has 0 aliphatic rings. The second-order valence-corrected chi connectivity index (χ2v) is 5.35. The van der Waals surface area contributed by atoms with Crippen LogP contribution >= 0.6 is 11.3 Å². The molecule has 0 aliphatic heterocycles. The summed E-state index contributed by atoms with van der Waals surface area (Å²) in [5.41, 5.74) is 1.70. The molecular weight excluding hydrogens is 236 g/mol. The molecule has 1 heterocycles. The number of hydrogen-bond donors (Lipinski definition) is 0. The standard InChI is InChI=1S/C12H18N2O2S/c1-7(2)13-9-8(3)17-11(10(9)16-6)12(15)14(4)5/h1-6H3. The molecule has 4 nitrogen and oxygen atoms in total.